The second kappa shape index (κ2) is 7.37. The van der Waals surface area contributed by atoms with Gasteiger partial charge in [-0.3, -0.25) is 9.89 Å². The second-order valence-corrected chi connectivity index (χ2v) is 7.73. The first kappa shape index (κ1) is 19.2. The van der Waals surface area contributed by atoms with Gasteiger partial charge in [0.05, 0.1) is 6.04 Å². The fourth-order valence-corrected chi connectivity index (χ4v) is 4.21. The average Bonchev–Trinajstić information content (AvgIpc) is 3.20. The van der Waals surface area contributed by atoms with Crippen LogP contribution in [0, 0.1) is 20.8 Å². The molecule has 1 amide bonds. The highest BCUT2D eigenvalue weighted by Gasteiger charge is 2.42. The van der Waals surface area contributed by atoms with Crippen LogP contribution < -0.4 is 0 Å². The summed E-state index contributed by atoms with van der Waals surface area (Å²) in [6, 6.07) is 11.5. The van der Waals surface area contributed by atoms with Crippen molar-refractivity contribution in [2.24, 2.45) is 0 Å². The summed E-state index contributed by atoms with van der Waals surface area (Å²) in [5, 5.41) is 27.3. The largest absolute Gasteiger partial charge is 0.507 e. The molecule has 1 aromatic heterocycles. The molecule has 150 valence electrons. The number of phenols is 1. The Kier molecular flexibility index (Phi) is 4.88. The van der Waals surface area contributed by atoms with Crippen molar-refractivity contribution in [3.8, 4) is 17.0 Å². The molecule has 1 aliphatic rings. The molecule has 6 heteroatoms. The van der Waals surface area contributed by atoms with E-state index in [-0.39, 0.29) is 24.3 Å². The van der Waals surface area contributed by atoms with Gasteiger partial charge < -0.3 is 15.1 Å². The van der Waals surface area contributed by atoms with Crippen molar-refractivity contribution in [1.82, 2.24) is 15.1 Å². The highest BCUT2D eigenvalue weighted by atomic mass is 16.3. The fraction of sp³-hybridized carbons (Fsp3) is 0.304. The van der Waals surface area contributed by atoms with E-state index in [1.165, 1.54) is 0 Å². The van der Waals surface area contributed by atoms with Crippen molar-refractivity contribution in [2.45, 2.75) is 33.2 Å². The molecule has 2 heterocycles. The van der Waals surface area contributed by atoms with Crippen LogP contribution in [-0.2, 0) is 0 Å². The first-order valence-electron chi connectivity index (χ1n) is 9.79. The summed E-state index contributed by atoms with van der Waals surface area (Å²) < 4.78 is 0. The van der Waals surface area contributed by atoms with Crippen molar-refractivity contribution in [3.05, 3.63) is 69.9 Å². The predicted octanol–water partition coefficient (Wildman–Crippen LogP) is 3.64. The Hall–Kier alpha value is -3.12. The number of aliphatic hydroxyl groups excluding tert-OH is 1. The molecule has 2 aromatic carbocycles. The van der Waals surface area contributed by atoms with Crippen LogP contribution in [0.5, 0.6) is 5.75 Å². The van der Waals surface area contributed by atoms with Crippen molar-refractivity contribution in [2.75, 3.05) is 13.2 Å². The predicted molar refractivity (Wildman–Crippen MR) is 111 cm³/mol. The minimum atomic E-state index is -0.321. The van der Waals surface area contributed by atoms with E-state index in [1.54, 1.807) is 11.0 Å². The van der Waals surface area contributed by atoms with Crippen molar-refractivity contribution in [3.63, 3.8) is 0 Å². The Labute approximate surface area is 169 Å². The van der Waals surface area contributed by atoms with Gasteiger partial charge in [-0.1, -0.05) is 35.9 Å². The molecule has 0 aliphatic carbocycles. The lowest BCUT2D eigenvalue weighted by Crippen LogP contribution is -2.31. The molecule has 0 unspecified atom stereocenters. The van der Waals surface area contributed by atoms with E-state index >= 15 is 0 Å². The quantitative estimate of drug-likeness (QED) is 0.619. The van der Waals surface area contributed by atoms with Gasteiger partial charge in [0.25, 0.3) is 5.91 Å². The number of rotatable bonds is 5. The van der Waals surface area contributed by atoms with Gasteiger partial charge in [0.15, 0.2) is 0 Å². The van der Waals surface area contributed by atoms with E-state index in [0.717, 1.165) is 27.8 Å². The molecule has 0 saturated carbocycles. The van der Waals surface area contributed by atoms with Crippen LogP contribution in [0.4, 0.5) is 0 Å². The molecular formula is C23H25N3O3. The highest BCUT2D eigenvalue weighted by Crippen LogP contribution is 2.45. The van der Waals surface area contributed by atoms with Crippen molar-refractivity contribution in [1.29, 1.82) is 0 Å². The van der Waals surface area contributed by atoms with Gasteiger partial charge in [-0.05, 0) is 49.9 Å². The third-order valence-electron chi connectivity index (χ3n) is 5.51. The lowest BCUT2D eigenvalue weighted by Gasteiger charge is -2.26. The first-order valence-corrected chi connectivity index (χ1v) is 9.79. The summed E-state index contributed by atoms with van der Waals surface area (Å²) in [6.07, 6.45) is 0.496. The third kappa shape index (κ3) is 3.19. The first-order chi connectivity index (χ1) is 13.9. The summed E-state index contributed by atoms with van der Waals surface area (Å²) in [5.41, 5.74) is 6.45. The van der Waals surface area contributed by atoms with Crippen molar-refractivity contribution < 1.29 is 15.0 Å². The van der Waals surface area contributed by atoms with E-state index in [1.807, 2.05) is 51.1 Å². The van der Waals surface area contributed by atoms with Gasteiger partial charge in [0.2, 0.25) is 0 Å². The standard InChI is InChI=1S/C23H25N3O3/c1-13-5-7-16(8-6-13)22-19-20(18-15(3)11-14(2)12-17(18)28)24-25-21(19)23(29)26(22)9-4-10-27/h5-8,11-12,22,27-28H,4,9-10H2,1-3H3,(H,24,25)/t22-/m0/s1. The van der Waals surface area contributed by atoms with Crippen LogP contribution in [0.1, 0.15) is 50.8 Å². The Morgan fingerprint density at radius 1 is 1.10 bits per heavy atom. The van der Waals surface area contributed by atoms with Gasteiger partial charge in [0.1, 0.15) is 17.1 Å². The monoisotopic (exact) mass is 391 g/mol. The van der Waals surface area contributed by atoms with E-state index in [9.17, 15) is 15.0 Å². The van der Waals surface area contributed by atoms with Crippen LogP contribution >= 0.6 is 0 Å². The number of hydrogen-bond donors (Lipinski definition) is 3. The van der Waals surface area contributed by atoms with Gasteiger partial charge in [-0.15, -0.1) is 0 Å². The molecule has 0 fully saturated rings. The Bertz CT molecular complexity index is 1050. The number of aromatic amines is 1. The van der Waals surface area contributed by atoms with E-state index < -0.39 is 0 Å². The maximum Gasteiger partial charge on any atom is 0.273 e. The number of carbonyl (C=O) groups excluding carboxylic acids is 1. The third-order valence-corrected chi connectivity index (χ3v) is 5.51. The number of fused-ring (bicyclic) bond motifs is 1. The zero-order chi connectivity index (χ0) is 20.7. The summed E-state index contributed by atoms with van der Waals surface area (Å²) in [6.45, 7) is 6.34. The molecule has 0 saturated heterocycles. The summed E-state index contributed by atoms with van der Waals surface area (Å²) in [4.78, 5) is 14.9. The molecule has 0 radical (unpaired) electrons. The Morgan fingerprint density at radius 3 is 2.48 bits per heavy atom. The maximum absolute atomic E-state index is 13.1. The lowest BCUT2D eigenvalue weighted by atomic mass is 9.93. The smallest absolute Gasteiger partial charge is 0.273 e. The maximum atomic E-state index is 13.1. The highest BCUT2D eigenvalue weighted by molar-refractivity contribution is 6.00. The summed E-state index contributed by atoms with van der Waals surface area (Å²) in [5.74, 6) is 0.0164. The summed E-state index contributed by atoms with van der Waals surface area (Å²) in [7, 11) is 0. The number of H-pyrrole nitrogens is 1. The molecule has 1 atom stereocenters. The molecule has 29 heavy (non-hydrogen) atoms. The second-order valence-electron chi connectivity index (χ2n) is 7.73. The van der Waals surface area contributed by atoms with Crippen LogP contribution in [0.25, 0.3) is 11.3 Å². The molecule has 3 aromatic rings. The van der Waals surface area contributed by atoms with Gasteiger partial charge in [-0.2, -0.15) is 5.10 Å². The molecular weight excluding hydrogens is 366 g/mol. The fourth-order valence-electron chi connectivity index (χ4n) is 4.21. The number of aromatic nitrogens is 2. The van der Waals surface area contributed by atoms with Gasteiger partial charge in [-0.25, -0.2) is 0 Å². The number of carbonyl (C=O) groups is 1. The van der Waals surface area contributed by atoms with E-state index in [4.69, 9.17) is 0 Å². The Balaban J connectivity index is 1.91. The molecule has 0 spiro atoms. The number of amides is 1. The molecule has 6 nitrogen and oxygen atoms in total. The van der Waals surface area contributed by atoms with Crippen LogP contribution in [-0.4, -0.2) is 44.4 Å². The molecule has 3 N–H and O–H groups in total. The number of nitrogens with zero attached hydrogens (tertiary/aromatic N) is 2. The minimum absolute atomic E-state index is 0.0152. The van der Waals surface area contributed by atoms with Crippen molar-refractivity contribution >= 4 is 5.91 Å². The number of aryl methyl sites for hydroxylation is 3. The molecule has 1 aliphatic heterocycles. The number of aliphatic hydroxyl groups is 1. The van der Waals surface area contributed by atoms with Gasteiger partial charge >= 0.3 is 0 Å². The van der Waals surface area contributed by atoms with Crippen LogP contribution in [0.2, 0.25) is 0 Å². The summed E-state index contributed by atoms with van der Waals surface area (Å²) >= 11 is 0. The normalized spacial score (nSPS) is 15.8. The van der Waals surface area contributed by atoms with Crippen LogP contribution in [0.3, 0.4) is 0 Å². The van der Waals surface area contributed by atoms with Gasteiger partial charge in [0, 0.05) is 24.3 Å². The lowest BCUT2D eigenvalue weighted by molar-refractivity contribution is 0.0732. The zero-order valence-electron chi connectivity index (χ0n) is 16.9. The average molecular weight is 391 g/mol. The molecule has 4 rings (SSSR count). The molecule has 0 bridgehead atoms. The zero-order valence-corrected chi connectivity index (χ0v) is 16.9. The van der Waals surface area contributed by atoms with Crippen LogP contribution in [0.15, 0.2) is 36.4 Å². The minimum Gasteiger partial charge on any atom is -0.507 e. The number of benzene rings is 2. The number of phenolic OH excluding ortho intramolecular Hbond substituents is 1. The van der Waals surface area contributed by atoms with E-state index in [0.29, 0.717) is 29.9 Å². The van der Waals surface area contributed by atoms with E-state index in [2.05, 4.69) is 10.2 Å². The number of aromatic hydroxyl groups is 1. The topological polar surface area (TPSA) is 89.5 Å². The number of nitrogens with one attached hydrogen (secondary N) is 1. The number of hydrogen-bond acceptors (Lipinski definition) is 4. The SMILES string of the molecule is Cc1ccc([C@H]2c3c(-c4c(C)cc(C)cc4O)n[nH]c3C(=O)N2CCCO)cc1. The Morgan fingerprint density at radius 2 is 1.83 bits per heavy atom.